The first-order valence-electron chi connectivity index (χ1n) is 3.89. The van der Waals surface area contributed by atoms with E-state index < -0.39 is 0 Å². The Morgan fingerprint density at radius 3 is 2.64 bits per heavy atom. The molecule has 0 spiro atoms. The summed E-state index contributed by atoms with van der Waals surface area (Å²) in [6, 6.07) is -0.316. The second kappa shape index (κ2) is 3.09. The van der Waals surface area contributed by atoms with Crippen LogP contribution in [-0.4, -0.2) is 42.1 Å². The number of nitrogens with zero attached hydrogens (tertiary/aromatic N) is 2. The minimum absolute atomic E-state index is 0.154. The average molecular weight is 157 g/mol. The van der Waals surface area contributed by atoms with Crippen LogP contribution in [0.3, 0.4) is 0 Å². The lowest BCUT2D eigenvalue weighted by Gasteiger charge is -2.38. The normalized spacial score (nSPS) is 27.1. The van der Waals surface area contributed by atoms with E-state index in [0.717, 1.165) is 19.5 Å². The zero-order valence-corrected chi connectivity index (χ0v) is 7.08. The molecule has 4 nitrogen and oxygen atoms in total. The van der Waals surface area contributed by atoms with E-state index in [1.54, 1.807) is 4.90 Å². The third-order valence-corrected chi connectivity index (χ3v) is 2.28. The van der Waals surface area contributed by atoms with Crippen LogP contribution in [0.25, 0.3) is 0 Å². The van der Waals surface area contributed by atoms with Crippen molar-refractivity contribution < 1.29 is 4.79 Å². The van der Waals surface area contributed by atoms with Gasteiger partial charge in [-0.3, -0.25) is 4.90 Å². The molecular formula is C7H15N3O. The van der Waals surface area contributed by atoms with Crippen LogP contribution in [0.1, 0.15) is 13.3 Å². The molecule has 1 heterocycles. The van der Waals surface area contributed by atoms with Crippen molar-refractivity contribution in [1.29, 1.82) is 0 Å². The first kappa shape index (κ1) is 8.33. The van der Waals surface area contributed by atoms with Gasteiger partial charge in [-0.05, 0) is 20.4 Å². The summed E-state index contributed by atoms with van der Waals surface area (Å²) >= 11 is 0. The highest BCUT2D eigenvalue weighted by atomic mass is 16.2. The summed E-state index contributed by atoms with van der Waals surface area (Å²) in [7, 11) is 2.00. The number of carbonyl (C=O) groups is 1. The van der Waals surface area contributed by atoms with Crippen LogP contribution in [0.15, 0.2) is 0 Å². The van der Waals surface area contributed by atoms with Crippen molar-refractivity contribution in [1.82, 2.24) is 9.80 Å². The molecule has 64 valence electrons. The van der Waals surface area contributed by atoms with E-state index in [1.807, 2.05) is 14.0 Å². The number of hydrogen-bond acceptors (Lipinski definition) is 2. The Hall–Kier alpha value is -0.770. The number of carbonyl (C=O) groups excluding carboxylic acids is 1. The highest BCUT2D eigenvalue weighted by Gasteiger charge is 2.24. The minimum atomic E-state index is -0.316. The Morgan fingerprint density at radius 1 is 1.55 bits per heavy atom. The minimum Gasteiger partial charge on any atom is -0.351 e. The molecule has 0 saturated carbocycles. The molecule has 1 fully saturated rings. The zero-order valence-electron chi connectivity index (χ0n) is 7.08. The molecule has 1 unspecified atom stereocenters. The van der Waals surface area contributed by atoms with E-state index >= 15 is 0 Å². The molecule has 2 N–H and O–H groups in total. The van der Waals surface area contributed by atoms with Crippen LogP contribution in [0.2, 0.25) is 0 Å². The predicted octanol–water partition coefficient (Wildman–Crippen LogP) is 0.0486. The fourth-order valence-corrected chi connectivity index (χ4v) is 1.40. The molecule has 1 atom stereocenters. The van der Waals surface area contributed by atoms with E-state index in [0.29, 0.717) is 0 Å². The molecule has 1 saturated heterocycles. The maximum absolute atomic E-state index is 10.8. The van der Waals surface area contributed by atoms with Crippen molar-refractivity contribution >= 4 is 6.03 Å². The third kappa shape index (κ3) is 1.63. The van der Waals surface area contributed by atoms with Crippen LogP contribution in [-0.2, 0) is 0 Å². The molecule has 1 rings (SSSR count). The maximum atomic E-state index is 10.8. The molecule has 11 heavy (non-hydrogen) atoms. The van der Waals surface area contributed by atoms with Gasteiger partial charge in [0.25, 0.3) is 0 Å². The SMILES string of the molecule is CC1N(C)CCCN1C(N)=O. The fraction of sp³-hybridized carbons (Fsp3) is 0.857. The number of nitrogens with two attached hydrogens (primary N) is 1. The molecule has 0 aliphatic carbocycles. The van der Waals surface area contributed by atoms with E-state index in [1.165, 1.54) is 0 Å². The summed E-state index contributed by atoms with van der Waals surface area (Å²) in [6.45, 7) is 3.83. The highest BCUT2D eigenvalue weighted by Crippen LogP contribution is 2.10. The summed E-state index contributed by atoms with van der Waals surface area (Å²) in [5.74, 6) is 0. The Bertz CT molecular complexity index is 160. The maximum Gasteiger partial charge on any atom is 0.316 e. The van der Waals surface area contributed by atoms with Gasteiger partial charge in [0.1, 0.15) is 0 Å². The van der Waals surface area contributed by atoms with E-state index in [2.05, 4.69) is 4.90 Å². The van der Waals surface area contributed by atoms with Gasteiger partial charge in [-0.2, -0.15) is 0 Å². The quantitative estimate of drug-likeness (QED) is 0.540. The zero-order chi connectivity index (χ0) is 8.43. The van der Waals surface area contributed by atoms with E-state index in [-0.39, 0.29) is 12.2 Å². The molecule has 0 aromatic rings. The molecule has 0 bridgehead atoms. The second-order valence-corrected chi connectivity index (χ2v) is 3.00. The van der Waals surface area contributed by atoms with Crippen molar-refractivity contribution in [2.24, 2.45) is 5.73 Å². The summed E-state index contributed by atoms with van der Waals surface area (Å²) in [6.07, 6.45) is 1.17. The van der Waals surface area contributed by atoms with Gasteiger partial charge >= 0.3 is 6.03 Å². The molecule has 1 aliphatic rings. The Balaban J connectivity index is 2.58. The van der Waals surface area contributed by atoms with Crippen LogP contribution >= 0.6 is 0 Å². The second-order valence-electron chi connectivity index (χ2n) is 3.00. The van der Waals surface area contributed by atoms with Gasteiger partial charge in [-0.15, -0.1) is 0 Å². The standard InChI is InChI=1S/C7H15N3O/c1-6-9(2)4-3-5-10(6)7(8)11/h6H,3-5H2,1-2H3,(H2,8,11). The molecule has 4 heteroatoms. The number of rotatable bonds is 0. The lowest BCUT2D eigenvalue weighted by molar-refractivity contribution is 0.0644. The van der Waals surface area contributed by atoms with Gasteiger partial charge in [0.2, 0.25) is 0 Å². The fourth-order valence-electron chi connectivity index (χ4n) is 1.40. The van der Waals surface area contributed by atoms with E-state index in [4.69, 9.17) is 5.73 Å². The van der Waals surface area contributed by atoms with Gasteiger partial charge in [-0.25, -0.2) is 4.79 Å². The van der Waals surface area contributed by atoms with Gasteiger partial charge in [0.15, 0.2) is 0 Å². The van der Waals surface area contributed by atoms with Gasteiger partial charge < -0.3 is 10.6 Å². The molecule has 2 amide bonds. The number of primary amides is 1. The van der Waals surface area contributed by atoms with Crippen molar-refractivity contribution in [3.8, 4) is 0 Å². The largest absolute Gasteiger partial charge is 0.351 e. The van der Waals surface area contributed by atoms with E-state index in [9.17, 15) is 4.79 Å². The summed E-state index contributed by atoms with van der Waals surface area (Å²) < 4.78 is 0. The molecular weight excluding hydrogens is 142 g/mol. The average Bonchev–Trinajstić information content (AvgIpc) is 1.94. The molecule has 0 radical (unpaired) electrons. The topological polar surface area (TPSA) is 49.6 Å². The van der Waals surface area contributed by atoms with Crippen LogP contribution in [0.5, 0.6) is 0 Å². The van der Waals surface area contributed by atoms with Crippen molar-refractivity contribution in [3.63, 3.8) is 0 Å². The van der Waals surface area contributed by atoms with Crippen LogP contribution in [0.4, 0.5) is 4.79 Å². The Morgan fingerprint density at radius 2 is 2.18 bits per heavy atom. The Kier molecular flexibility index (Phi) is 2.34. The number of urea groups is 1. The van der Waals surface area contributed by atoms with Crippen LogP contribution in [0, 0.1) is 0 Å². The highest BCUT2D eigenvalue weighted by molar-refractivity contribution is 5.72. The van der Waals surface area contributed by atoms with Gasteiger partial charge in [0, 0.05) is 13.1 Å². The Labute approximate surface area is 66.9 Å². The predicted molar refractivity (Wildman–Crippen MR) is 43.0 cm³/mol. The molecule has 0 aromatic heterocycles. The first-order valence-corrected chi connectivity index (χ1v) is 3.89. The first-order chi connectivity index (χ1) is 5.13. The monoisotopic (exact) mass is 157 g/mol. The summed E-state index contributed by atoms with van der Waals surface area (Å²) in [5.41, 5.74) is 5.18. The lowest BCUT2D eigenvalue weighted by Crippen LogP contribution is -2.54. The van der Waals surface area contributed by atoms with Crippen molar-refractivity contribution in [2.75, 3.05) is 20.1 Å². The van der Waals surface area contributed by atoms with Crippen LogP contribution < -0.4 is 5.73 Å². The molecule has 0 aromatic carbocycles. The summed E-state index contributed by atoms with van der Waals surface area (Å²) in [5, 5.41) is 0. The van der Waals surface area contributed by atoms with Crippen molar-refractivity contribution in [2.45, 2.75) is 19.5 Å². The van der Waals surface area contributed by atoms with Gasteiger partial charge in [0.05, 0.1) is 6.17 Å². The molecule has 1 aliphatic heterocycles. The van der Waals surface area contributed by atoms with Gasteiger partial charge in [-0.1, -0.05) is 0 Å². The number of amides is 2. The summed E-state index contributed by atoms with van der Waals surface area (Å²) in [4.78, 5) is 14.6. The number of hydrogen-bond donors (Lipinski definition) is 1. The smallest absolute Gasteiger partial charge is 0.316 e. The lowest BCUT2D eigenvalue weighted by atomic mass is 10.2. The van der Waals surface area contributed by atoms with Crippen molar-refractivity contribution in [3.05, 3.63) is 0 Å². The third-order valence-electron chi connectivity index (χ3n) is 2.28.